The molecular formula is C16H22N2O3. The molecule has 1 aromatic carbocycles. The Bertz CT molecular complexity index is 542. The van der Waals surface area contributed by atoms with E-state index in [0.29, 0.717) is 17.3 Å². The van der Waals surface area contributed by atoms with E-state index in [4.69, 9.17) is 4.74 Å². The number of hydrogen-bond acceptors (Lipinski definition) is 4. The van der Waals surface area contributed by atoms with Crippen LogP contribution in [0.15, 0.2) is 18.2 Å². The van der Waals surface area contributed by atoms with Crippen LogP contribution in [-0.2, 0) is 9.53 Å². The van der Waals surface area contributed by atoms with Crippen LogP contribution in [0.5, 0.6) is 0 Å². The van der Waals surface area contributed by atoms with Gasteiger partial charge in [0.1, 0.15) is 0 Å². The number of carbonyl (C=O) groups is 2. The molecule has 1 amide bonds. The lowest BCUT2D eigenvalue weighted by molar-refractivity contribution is -0.120. The fourth-order valence-electron chi connectivity index (χ4n) is 2.61. The molecule has 2 atom stereocenters. The maximum Gasteiger partial charge on any atom is 0.337 e. The zero-order valence-corrected chi connectivity index (χ0v) is 12.7. The molecule has 1 fully saturated rings. The summed E-state index contributed by atoms with van der Waals surface area (Å²) in [4.78, 5) is 23.9. The van der Waals surface area contributed by atoms with Crippen LogP contribution in [0.4, 0.5) is 5.69 Å². The van der Waals surface area contributed by atoms with Crippen molar-refractivity contribution in [1.82, 2.24) is 5.32 Å². The highest BCUT2D eigenvalue weighted by molar-refractivity contribution is 5.96. The summed E-state index contributed by atoms with van der Waals surface area (Å²) in [5, 5.41) is 6.28. The Morgan fingerprint density at radius 3 is 2.81 bits per heavy atom. The van der Waals surface area contributed by atoms with Crippen LogP contribution in [-0.4, -0.2) is 31.6 Å². The third-order valence-electron chi connectivity index (χ3n) is 3.91. The molecule has 0 aliphatic carbocycles. The highest BCUT2D eigenvalue weighted by Crippen LogP contribution is 2.22. The lowest BCUT2D eigenvalue weighted by atomic mass is 9.92. The molecule has 0 aromatic heterocycles. The predicted molar refractivity (Wildman–Crippen MR) is 81.3 cm³/mol. The SMILES string of the molecule is COC(=O)c1ccc(C)c(NC(=O)C2CCNC(C)C2)c1. The molecule has 1 aliphatic rings. The van der Waals surface area contributed by atoms with E-state index in [1.54, 1.807) is 12.1 Å². The molecule has 2 N–H and O–H groups in total. The number of piperidine rings is 1. The summed E-state index contributed by atoms with van der Waals surface area (Å²) in [6.07, 6.45) is 1.67. The molecule has 0 bridgehead atoms. The Morgan fingerprint density at radius 1 is 1.38 bits per heavy atom. The lowest BCUT2D eigenvalue weighted by Crippen LogP contribution is -2.40. The summed E-state index contributed by atoms with van der Waals surface area (Å²) in [7, 11) is 1.34. The predicted octanol–water partition coefficient (Wildman–Crippen LogP) is 2.11. The van der Waals surface area contributed by atoms with E-state index in [1.165, 1.54) is 7.11 Å². The van der Waals surface area contributed by atoms with Crippen molar-refractivity contribution < 1.29 is 14.3 Å². The molecule has 0 saturated carbocycles. The first-order chi connectivity index (χ1) is 10.0. The van der Waals surface area contributed by atoms with Crippen LogP contribution in [0.1, 0.15) is 35.7 Å². The Balaban J connectivity index is 2.11. The van der Waals surface area contributed by atoms with Gasteiger partial charge in [-0.05, 0) is 50.9 Å². The number of ether oxygens (including phenoxy) is 1. The van der Waals surface area contributed by atoms with Crippen molar-refractivity contribution in [2.75, 3.05) is 19.0 Å². The van der Waals surface area contributed by atoms with Crippen molar-refractivity contribution in [3.63, 3.8) is 0 Å². The Labute approximate surface area is 125 Å². The third kappa shape index (κ3) is 3.82. The first-order valence-corrected chi connectivity index (χ1v) is 7.24. The minimum absolute atomic E-state index is 0.0161. The normalized spacial score (nSPS) is 21.7. The van der Waals surface area contributed by atoms with Crippen LogP contribution < -0.4 is 10.6 Å². The molecule has 21 heavy (non-hydrogen) atoms. The average molecular weight is 290 g/mol. The number of anilines is 1. The molecule has 0 radical (unpaired) electrons. The van der Waals surface area contributed by atoms with E-state index in [1.807, 2.05) is 13.0 Å². The van der Waals surface area contributed by atoms with Gasteiger partial charge in [-0.2, -0.15) is 0 Å². The van der Waals surface area contributed by atoms with Gasteiger partial charge >= 0.3 is 5.97 Å². The lowest BCUT2D eigenvalue weighted by Gasteiger charge is -2.27. The molecule has 2 rings (SSSR count). The maximum atomic E-state index is 12.4. The smallest absolute Gasteiger partial charge is 0.337 e. The summed E-state index contributed by atoms with van der Waals surface area (Å²) in [5.74, 6) is -0.364. The Kier molecular flexibility index (Phi) is 4.96. The van der Waals surface area contributed by atoms with E-state index in [9.17, 15) is 9.59 Å². The number of carbonyl (C=O) groups excluding carboxylic acids is 2. The molecule has 5 heteroatoms. The van der Waals surface area contributed by atoms with Gasteiger partial charge in [-0.1, -0.05) is 6.07 Å². The maximum absolute atomic E-state index is 12.4. The zero-order valence-electron chi connectivity index (χ0n) is 12.7. The van der Waals surface area contributed by atoms with E-state index >= 15 is 0 Å². The second kappa shape index (κ2) is 6.72. The van der Waals surface area contributed by atoms with Gasteiger partial charge in [-0.15, -0.1) is 0 Å². The zero-order chi connectivity index (χ0) is 15.4. The molecule has 0 spiro atoms. The van der Waals surface area contributed by atoms with Gasteiger partial charge in [0, 0.05) is 17.6 Å². The fourth-order valence-corrected chi connectivity index (χ4v) is 2.61. The van der Waals surface area contributed by atoms with Gasteiger partial charge < -0.3 is 15.4 Å². The number of nitrogens with one attached hydrogen (secondary N) is 2. The summed E-state index contributed by atoms with van der Waals surface area (Å²) in [6.45, 7) is 4.85. The third-order valence-corrected chi connectivity index (χ3v) is 3.91. The largest absolute Gasteiger partial charge is 0.465 e. The van der Waals surface area contributed by atoms with Crippen molar-refractivity contribution in [1.29, 1.82) is 0 Å². The van der Waals surface area contributed by atoms with Gasteiger partial charge in [0.15, 0.2) is 0 Å². The Hall–Kier alpha value is -1.88. The minimum Gasteiger partial charge on any atom is -0.465 e. The first-order valence-electron chi connectivity index (χ1n) is 7.24. The molecule has 5 nitrogen and oxygen atoms in total. The topological polar surface area (TPSA) is 67.4 Å². The molecule has 1 saturated heterocycles. The van der Waals surface area contributed by atoms with E-state index in [-0.39, 0.29) is 11.8 Å². The molecular weight excluding hydrogens is 268 g/mol. The average Bonchev–Trinajstić information content (AvgIpc) is 2.48. The standard InChI is InChI=1S/C16H22N2O3/c1-10-4-5-13(16(20)21-3)9-14(10)18-15(19)12-6-7-17-11(2)8-12/h4-5,9,11-12,17H,6-8H2,1-3H3,(H,18,19). The molecule has 1 heterocycles. The number of aryl methyl sites for hydroxylation is 1. The number of esters is 1. The number of hydrogen-bond donors (Lipinski definition) is 2. The van der Waals surface area contributed by atoms with Gasteiger partial charge in [0.2, 0.25) is 5.91 Å². The van der Waals surface area contributed by atoms with Crippen molar-refractivity contribution in [2.24, 2.45) is 5.92 Å². The van der Waals surface area contributed by atoms with E-state index < -0.39 is 5.97 Å². The van der Waals surface area contributed by atoms with Crippen LogP contribution in [0, 0.1) is 12.8 Å². The summed E-state index contributed by atoms with van der Waals surface area (Å²) < 4.78 is 4.71. The van der Waals surface area contributed by atoms with Gasteiger partial charge in [-0.25, -0.2) is 4.79 Å². The Morgan fingerprint density at radius 2 is 2.14 bits per heavy atom. The van der Waals surface area contributed by atoms with Gasteiger partial charge in [0.25, 0.3) is 0 Å². The van der Waals surface area contributed by atoms with Crippen LogP contribution in [0.3, 0.4) is 0 Å². The van der Waals surface area contributed by atoms with Crippen LogP contribution in [0.2, 0.25) is 0 Å². The van der Waals surface area contributed by atoms with Crippen LogP contribution >= 0.6 is 0 Å². The minimum atomic E-state index is -0.402. The number of amides is 1. The number of benzene rings is 1. The first kappa shape index (κ1) is 15.5. The number of rotatable bonds is 3. The van der Waals surface area contributed by atoms with Crippen molar-refractivity contribution in [2.45, 2.75) is 32.7 Å². The molecule has 114 valence electrons. The quantitative estimate of drug-likeness (QED) is 0.837. The second-order valence-corrected chi connectivity index (χ2v) is 5.59. The van der Waals surface area contributed by atoms with Crippen LogP contribution in [0.25, 0.3) is 0 Å². The fraction of sp³-hybridized carbons (Fsp3) is 0.500. The van der Waals surface area contributed by atoms with E-state index in [2.05, 4.69) is 17.6 Å². The number of methoxy groups -OCH3 is 1. The molecule has 1 aliphatic heterocycles. The highest BCUT2D eigenvalue weighted by Gasteiger charge is 2.25. The molecule has 1 aromatic rings. The van der Waals surface area contributed by atoms with Gasteiger partial charge in [0.05, 0.1) is 12.7 Å². The van der Waals surface area contributed by atoms with Gasteiger partial charge in [-0.3, -0.25) is 4.79 Å². The second-order valence-electron chi connectivity index (χ2n) is 5.59. The summed E-state index contributed by atoms with van der Waals surface area (Å²) in [5.41, 5.74) is 2.05. The van der Waals surface area contributed by atoms with Crippen molar-refractivity contribution in [3.05, 3.63) is 29.3 Å². The molecule has 2 unspecified atom stereocenters. The van der Waals surface area contributed by atoms with Crippen molar-refractivity contribution in [3.8, 4) is 0 Å². The highest BCUT2D eigenvalue weighted by atomic mass is 16.5. The monoisotopic (exact) mass is 290 g/mol. The van der Waals surface area contributed by atoms with Crippen molar-refractivity contribution >= 4 is 17.6 Å². The summed E-state index contributed by atoms with van der Waals surface area (Å²) >= 11 is 0. The van der Waals surface area contributed by atoms with E-state index in [0.717, 1.165) is 24.9 Å². The summed E-state index contributed by atoms with van der Waals surface area (Å²) in [6, 6.07) is 5.54.